The van der Waals surface area contributed by atoms with Crippen LogP contribution in [0.25, 0.3) is 0 Å². The van der Waals surface area contributed by atoms with E-state index in [1.54, 1.807) is 0 Å². The lowest BCUT2D eigenvalue weighted by molar-refractivity contribution is 0.306. The molecule has 0 aliphatic heterocycles. The molecule has 0 amide bonds. The molecule has 3 rings (SSSR count). The van der Waals surface area contributed by atoms with Crippen molar-refractivity contribution in [2.45, 2.75) is 51.8 Å². The summed E-state index contributed by atoms with van der Waals surface area (Å²) >= 11 is 0. The molecule has 1 saturated carbocycles. The van der Waals surface area contributed by atoms with Crippen LogP contribution in [0.5, 0.6) is 5.75 Å². The normalized spacial score (nSPS) is 15.1. The fourth-order valence-corrected chi connectivity index (χ4v) is 3.06. The first-order valence-corrected chi connectivity index (χ1v) is 8.30. The third kappa shape index (κ3) is 4.35. The minimum atomic E-state index is 0.626. The fraction of sp³-hybridized carbons (Fsp3) is 0.400. The van der Waals surface area contributed by atoms with Gasteiger partial charge in [0.1, 0.15) is 12.4 Å². The topological polar surface area (TPSA) is 21.3 Å². The van der Waals surface area contributed by atoms with Gasteiger partial charge in [-0.15, -0.1) is 0 Å². The van der Waals surface area contributed by atoms with E-state index in [1.165, 1.54) is 42.4 Å². The molecular weight excluding hydrogens is 270 g/mol. The predicted molar refractivity (Wildman–Crippen MR) is 91.0 cm³/mol. The molecule has 2 nitrogen and oxygen atoms in total. The van der Waals surface area contributed by atoms with Gasteiger partial charge in [-0.25, -0.2) is 0 Å². The fourth-order valence-electron chi connectivity index (χ4n) is 3.06. The highest BCUT2D eigenvalue weighted by Crippen LogP contribution is 2.19. The van der Waals surface area contributed by atoms with Crippen molar-refractivity contribution in [1.29, 1.82) is 0 Å². The Labute approximate surface area is 133 Å². The Kier molecular flexibility index (Phi) is 5.12. The van der Waals surface area contributed by atoms with Crippen LogP contribution in [0.15, 0.2) is 48.5 Å². The Hall–Kier alpha value is -1.80. The summed E-state index contributed by atoms with van der Waals surface area (Å²) in [7, 11) is 0. The third-order valence-electron chi connectivity index (χ3n) is 4.36. The van der Waals surface area contributed by atoms with E-state index in [9.17, 15) is 0 Å². The Morgan fingerprint density at radius 1 is 1.00 bits per heavy atom. The van der Waals surface area contributed by atoms with Crippen molar-refractivity contribution in [3.8, 4) is 5.75 Å². The van der Waals surface area contributed by atoms with Gasteiger partial charge in [0.05, 0.1) is 0 Å². The van der Waals surface area contributed by atoms with Gasteiger partial charge >= 0.3 is 0 Å². The molecule has 0 aromatic heterocycles. The molecule has 2 aromatic carbocycles. The van der Waals surface area contributed by atoms with Crippen LogP contribution < -0.4 is 10.1 Å². The average molecular weight is 295 g/mol. The summed E-state index contributed by atoms with van der Waals surface area (Å²) in [4.78, 5) is 0. The van der Waals surface area contributed by atoms with Crippen molar-refractivity contribution < 1.29 is 4.74 Å². The molecule has 0 unspecified atom stereocenters. The molecule has 0 heterocycles. The van der Waals surface area contributed by atoms with Crippen LogP contribution >= 0.6 is 0 Å². The number of hydrogen-bond donors (Lipinski definition) is 1. The van der Waals surface area contributed by atoms with Crippen molar-refractivity contribution in [3.05, 3.63) is 65.2 Å². The van der Waals surface area contributed by atoms with Gasteiger partial charge in [-0.2, -0.15) is 0 Å². The van der Waals surface area contributed by atoms with E-state index in [0.29, 0.717) is 6.61 Å². The van der Waals surface area contributed by atoms with Crippen LogP contribution in [0, 0.1) is 6.92 Å². The zero-order valence-corrected chi connectivity index (χ0v) is 13.3. The van der Waals surface area contributed by atoms with E-state index in [0.717, 1.165) is 18.3 Å². The molecule has 2 aromatic rings. The SMILES string of the molecule is Cc1cccc(COc2ccc(CNC3CCCC3)cc2)c1. The minimum Gasteiger partial charge on any atom is -0.489 e. The molecule has 0 bridgehead atoms. The van der Waals surface area contributed by atoms with Crippen molar-refractivity contribution >= 4 is 0 Å². The van der Waals surface area contributed by atoms with E-state index in [2.05, 4.69) is 60.8 Å². The number of benzene rings is 2. The zero-order valence-electron chi connectivity index (χ0n) is 13.3. The van der Waals surface area contributed by atoms with Crippen molar-refractivity contribution in [3.63, 3.8) is 0 Å². The molecule has 0 spiro atoms. The maximum atomic E-state index is 5.86. The largest absolute Gasteiger partial charge is 0.489 e. The summed E-state index contributed by atoms with van der Waals surface area (Å²) in [6, 6.07) is 17.6. The molecule has 1 N–H and O–H groups in total. The van der Waals surface area contributed by atoms with Gasteiger partial charge in [-0.1, -0.05) is 54.8 Å². The molecule has 116 valence electrons. The van der Waals surface area contributed by atoms with Crippen LogP contribution in [-0.2, 0) is 13.2 Å². The maximum Gasteiger partial charge on any atom is 0.119 e. The monoisotopic (exact) mass is 295 g/mol. The smallest absolute Gasteiger partial charge is 0.119 e. The van der Waals surface area contributed by atoms with Crippen LogP contribution in [0.3, 0.4) is 0 Å². The van der Waals surface area contributed by atoms with Gasteiger partial charge < -0.3 is 10.1 Å². The van der Waals surface area contributed by atoms with E-state index < -0.39 is 0 Å². The van der Waals surface area contributed by atoms with Crippen LogP contribution in [-0.4, -0.2) is 6.04 Å². The molecule has 1 aliphatic carbocycles. The Morgan fingerprint density at radius 3 is 2.50 bits per heavy atom. The average Bonchev–Trinajstić information content (AvgIpc) is 3.05. The first kappa shape index (κ1) is 15.1. The summed E-state index contributed by atoms with van der Waals surface area (Å²) < 4.78 is 5.86. The van der Waals surface area contributed by atoms with Crippen molar-refractivity contribution in [2.75, 3.05) is 0 Å². The Morgan fingerprint density at radius 2 is 1.77 bits per heavy atom. The molecule has 0 atom stereocenters. The first-order valence-electron chi connectivity index (χ1n) is 8.30. The molecule has 1 fully saturated rings. The summed E-state index contributed by atoms with van der Waals surface area (Å²) in [5, 5.41) is 3.64. The highest BCUT2D eigenvalue weighted by molar-refractivity contribution is 5.28. The lowest BCUT2D eigenvalue weighted by Crippen LogP contribution is -2.25. The minimum absolute atomic E-state index is 0.626. The molecular formula is C20H25NO. The predicted octanol–water partition coefficient (Wildman–Crippen LogP) is 4.61. The molecule has 22 heavy (non-hydrogen) atoms. The number of nitrogens with one attached hydrogen (secondary N) is 1. The second-order valence-corrected chi connectivity index (χ2v) is 6.28. The number of aryl methyl sites for hydroxylation is 1. The summed E-state index contributed by atoms with van der Waals surface area (Å²) in [6.45, 7) is 3.69. The van der Waals surface area contributed by atoms with Gasteiger partial charge in [0.15, 0.2) is 0 Å². The second-order valence-electron chi connectivity index (χ2n) is 6.28. The first-order chi connectivity index (χ1) is 10.8. The number of hydrogen-bond acceptors (Lipinski definition) is 2. The van der Waals surface area contributed by atoms with Gasteiger partial charge in [-0.05, 0) is 43.0 Å². The summed E-state index contributed by atoms with van der Waals surface area (Å²) in [5.74, 6) is 0.936. The highest BCUT2D eigenvalue weighted by atomic mass is 16.5. The number of ether oxygens (including phenoxy) is 1. The quantitative estimate of drug-likeness (QED) is 0.840. The number of rotatable bonds is 6. The second kappa shape index (κ2) is 7.46. The summed E-state index contributed by atoms with van der Waals surface area (Å²) in [6.07, 6.45) is 5.42. The van der Waals surface area contributed by atoms with Crippen molar-refractivity contribution in [1.82, 2.24) is 5.32 Å². The Balaban J connectivity index is 1.48. The van der Waals surface area contributed by atoms with Gasteiger partial charge in [0, 0.05) is 12.6 Å². The van der Waals surface area contributed by atoms with Crippen LogP contribution in [0.4, 0.5) is 0 Å². The lowest BCUT2D eigenvalue weighted by atomic mass is 10.1. The standard InChI is InChI=1S/C20H25NO/c1-16-5-4-6-18(13-16)15-22-20-11-9-17(10-12-20)14-21-19-7-2-3-8-19/h4-6,9-13,19,21H,2-3,7-8,14-15H2,1H3. The van der Waals surface area contributed by atoms with Crippen LogP contribution in [0.2, 0.25) is 0 Å². The molecule has 1 aliphatic rings. The zero-order chi connectivity index (χ0) is 15.2. The highest BCUT2D eigenvalue weighted by Gasteiger charge is 2.13. The van der Waals surface area contributed by atoms with Gasteiger partial charge in [0.25, 0.3) is 0 Å². The molecule has 0 radical (unpaired) electrons. The molecule has 2 heteroatoms. The Bertz CT molecular complexity index is 585. The van der Waals surface area contributed by atoms with E-state index >= 15 is 0 Å². The summed E-state index contributed by atoms with van der Waals surface area (Å²) in [5.41, 5.74) is 3.82. The molecule has 0 saturated heterocycles. The van der Waals surface area contributed by atoms with E-state index in [-0.39, 0.29) is 0 Å². The van der Waals surface area contributed by atoms with Crippen molar-refractivity contribution in [2.24, 2.45) is 0 Å². The lowest BCUT2D eigenvalue weighted by Gasteiger charge is -2.12. The third-order valence-corrected chi connectivity index (χ3v) is 4.36. The van der Waals surface area contributed by atoms with E-state index in [1.807, 2.05) is 0 Å². The van der Waals surface area contributed by atoms with E-state index in [4.69, 9.17) is 4.74 Å². The van der Waals surface area contributed by atoms with Gasteiger partial charge in [0.2, 0.25) is 0 Å². The van der Waals surface area contributed by atoms with Crippen LogP contribution in [0.1, 0.15) is 42.4 Å². The van der Waals surface area contributed by atoms with Gasteiger partial charge in [-0.3, -0.25) is 0 Å². The maximum absolute atomic E-state index is 5.86.